The normalized spacial score (nSPS) is 13.5. The first-order valence-corrected chi connectivity index (χ1v) is 12.7. The van der Waals surface area contributed by atoms with Crippen LogP contribution >= 0.6 is 22.6 Å². The summed E-state index contributed by atoms with van der Waals surface area (Å²) in [6.07, 6.45) is 1.92. The standard InChI is InChI=1S/C21H24IN5O3S/c1-3-4-11-23-21(28)27-12-16-18(13-27)24-26(2)20(16)25-31(29,30)19-10-6-7-14-15(19)8-5-9-17(14)22/h5-10,25H,3-4,11-13H2,1-2H3,(H,23,28). The van der Waals surface area contributed by atoms with Gasteiger partial charge in [0.25, 0.3) is 10.0 Å². The van der Waals surface area contributed by atoms with Crippen molar-refractivity contribution in [3.8, 4) is 0 Å². The second kappa shape index (κ2) is 8.65. The van der Waals surface area contributed by atoms with Gasteiger partial charge in [0.05, 0.1) is 23.7 Å². The number of benzene rings is 2. The largest absolute Gasteiger partial charge is 0.338 e. The number of aryl methyl sites for hydroxylation is 1. The molecule has 2 amide bonds. The van der Waals surface area contributed by atoms with Crippen LogP contribution in [0.4, 0.5) is 10.6 Å². The number of carbonyl (C=O) groups excluding carboxylic acids is 1. The molecule has 0 unspecified atom stereocenters. The Balaban J connectivity index is 1.61. The number of nitrogens with one attached hydrogen (secondary N) is 2. The van der Waals surface area contributed by atoms with Crippen molar-refractivity contribution in [3.05, 3.63) is 51.2 Å². The molecule has 10 heteroatoms. The van der Waals surface area contributed by atoms with E-state index >= 15 is 0 Å². The Kier molecular flexibility index (Phi) is 6.11. The summed E-state index contributed by atoms with van der Waals surface area (Å²) in [6, 6.07) is 10.7. The predicted molar refractivity (Wildman–Crippen MR) is 128 cm³/mol. The van der Waals surface area contributed by atoms with Crippen LogP contribution in [0.2, 0.25) is 0 Å². The first kappa shape index (κ1) is 21.9. The number of amides is 2. The minimum atomic E-state index is -3.86. The molecule has 2 aromatic carbocycles. The van der Waals surface area contributed by atoms with Crippen molar-refractivity contribution in [1.29, 1.82) is 0 Å². The summed E-state index contributed by atoms with van der Waals surface area (Å²) >= 11 is 2.20. The maximum absolute atomic E-state index is 13.3. The first-order valence-electron chi connectivity index (χ1n) is 10.1. The molecular weight excluding hydrogens is 529 g/mol. The number of anilines is 1. The van der Waals surface area contributed by atoms with E-state index < -0.39 is 10.0 Å². The predicted octanol–water partition coefficient (Wildman–Crippen LogP) is 3.80. The Morgan fingerprint density at radius 1 is 1.16 bits per heavy atom. The Labute approximate surface area is 195 Å². The van der Waals surface area contributed by atoms with Gasteiger partial charge in [-0.05, 0) is 46.5 Å². The quantitative estimate of drug-likeness (QED) is 0.359. The van der Waals surface area contributed by atoms with E-state index in [2.05, 4.69) is 44.7 Å². The summed E-state index contributed by atoms with van der Waals surface area (Å²) in [7, 11) is -2.16. The smallest absolute Gasteiger partial charge is 0.318 e. The van der Waals surface area contributed by atoms with Gasteiger partial charge in [-0.15, -0.1) is 0 Å². The summed E-state index contributed by atoms with van der Waals surface area (Å²) in [6.45, 7) is 3.36. The molecule has 0 bridgehead atoms. The summed E-state index contributed by atoms with van der Waals surface area (Å²) in [5.74, 6) is 0.390. The van der Waals surface area contributed by atoms with Gasteiger partial charge in [0, 0.05) is 28.1 Å². The topological polar surface area (TPSA) is 96.3 Å². The number of fused-ring (bicyclic) bond motifs is 2. The molecule has 0 fully saturated rings. The lowest BCUT2D eigenvalue weighted by Crippen LogP contribution is -2.37. The van der Waals surface area contributed by atoms with Crippen LogP contribution in [0.25, 0.3) is 10.8 Å². The van der Waals surface area contributed by atoms with Crippen LogP contribution in [-0.4, -0.2) is 35.7 Å². The molecule has 31 heavy (non-hydrogen) atoms. The van der Waals surface area contributed by atoms with E-state index in [9.17, 15) is 13.2 Å². The molecule has 164 valence electrons. The van der Waals surface area contributed by atoms with E-state index in [1.807, 2.05) is 24.3 Å². The Bertz CT molecular complexity index is 1260. The fourth-order valence-electron chi connectivity index (χ4n) is 3.76. The molecule has 0 atom stereocenters. The summed E-state index contributed by atoms with van der Waals surface area (Å²) < 4.78 is 31.9. The highest BCUT2D eigenvalue weighted by molar-refractivity contribution is 14.1. The van der Waals surface area contributed by atoms with Crippen LogP contribution in [0.1, 0.15) is 31.0 Å². The number of rotatable bonds is 6. The monoisotopic (exact) mass is 553 g/mol. The highest BCUT2D eigenvalue weighted by atomic mass is 127. The van der Waals surface area contributed by atoms with Crippen molar-refractivity contribution in [2.75, 3.05) is 11.3 Å². The average molecular weight is 553 g/mol. The van der Waals surface area contributed by atoms with E-state index in [0.29, 0.717) is 36.5 Å². The van der Waals surface area contributed by atoms with E-state index in [-0.39, 0.29) is 10.9 Å². The maximum atomic E-state index is 13.3. The third-order valence-electron chi connectivity index (χ3n) is 5.36. The first-order chi connectivity index (χ1) is 14.8. The van der Waals surface area contributed by atoms with Crippen molar-refractivity contribution in [3.63, 3.8) is 0 Å². The molecule has 0 spiro atoms. The van der Waals surface area contributed by atoms with Crippen LogP contribution in [0.5, 0.6) is 0 Å². The number of urea groups is 1. The number of hydrogen-bond donors (Lipinski definition) is 2. The SMILES string of the molecule is CCCCNC(=O)N1Cc2nn(C)c(NS(=O)(=O)c3cccc4c(I)cccc34)c2C1. The fraction of sp³-hybridized carbons (Fsp3) is 0.333. The minimum absolute atomic E-state index is 0.161. The molecule has 2 heterocycles. The van der Waals surface area contributed by atoms with Crippen LogP contribution in [0.3, 0.4) is 0 Å². The highest BCUT2D eigenvalue weighted by Gasteiger charge is 2.31. The third kappa shape index (κ3) is 4.22. The number of unbranched alkanes of at least 4 members (excludes halogenated alkanes) is 1. The lowest BCUT2D eigenvalue weighted by atomic mass is 10.1. The zero-order valence-electron chi connectivity index (χ0n) is 17.4. The van der Waals surface area contributed by atoms with Gasteiger partial charge in [0.1, 0.15) is 5.82 Å². The van der Waals surface area contributed by atoms with E-state index in [1.54, 1.807) is 24.1 Å². The lowest BCUT2D eigenvalue weighted by molar-refractivity contribution is 0.197. The molecule has 3 aromatic rings. The van der Waals surface area contributed by atoms with Crippen LogP contribution < -0.4 is 10.0 Å². The van der Waals surface area contributed by atoms with Gasteiger partial charge in [-0.25, -0.2) is 13.2 Å². The second-order valence-electron chi connectivity index (χ2n) is 7.54. The summed E-state index contributed by atoms with van der Waals surface area (Å²) in [4.78, 5) is 14.3. The molecule has 1 aliphatic rings. The minimum Gasteiger partial charge on any atom is -0.338 e. The average Bonchev–Trinajstić information content (AvgIpc) is 3.26. The van der Waals surface area contributed by atoms with Crippen molar-refractivity contribution in [2.45, 2.75) is 37.8 Å². The molecule has 1 aromatic heterocycles. The van der Waals surface area contributed by atoms with Crippen molar-refractivity contribution in [2.24, 2.45) is 7.05 Å². The maximum Gasteiger partial charge on any atom is 0.318 e. The zero-order chi connectivity index (χ0) is 22.2. The molecule has 4 rings (SSSR count). The summed E-state index contributed by atoms with van der Waals surface area (Å²) in [5.41, 5.74) is 1.44. The van der Waals surface area contributed by atoms with Gasteiger partial charge in [-0.2, -0.15) is 5.10 Å². The van der Waals surface area contributed by atoms with Crippen molar-refractivity contribution < 1.29 is 13.2 Å². The number of nitrogens with zero attached hydrogens (tertiary/aromatic N) is 3. The number of carbonyl (C=O) groups is 1. The third-order valence-corrected chi connectivity index (χ3v) is 7.70. The molecule has 8 nitrogen and oxygen atoms in total. The van der Waals surface area contributed by atoms with Gasteiger partial charge in [-0.1, -0.05) is 37.6 Å². The summed E-state index contributed by atoms with van der Waals surface area (Å²) in [5, 5.41) is 8.89. The number of halogens is 1. The second-order valence-corrected chi connectivity index (χ2v) is 10.3. The lowest BCUT2D eigenvalue weighted by Gasteiger charge is -2.17. The zero-order valence-corrected chi connectivity index (χ0v) is 20.3. The van der Waals surface area contributed by atoms with Gasteiger partial charge in [-0.3, -0.25) is 9.40 Å². The molecule has 0 aliphatic carbocycles. The number of hydrogen-bond acceptors (Lipinski definition) is 4. The van der Waals surface area contributed by atoms with Crippen molar-refractivity contribution in [1.82, 2.24) is 20.0 Å². The van der Waals surface area contributed by atoms with Gasteiger partial charge in [0.15, 0.2) is 0 Å². The molecular formula is C21H24IN5O3S. The Morgan fingerprint density at radius 3 is 2.68 bits per heavy atom. The van der Waals surface area contributed by atoms with Crippen LogP contribution in [0.15, 0.2) is 41.3 Å². The van der Waals surface area contributed by atoms with Crippen molar-refractivity contribution >= 4 is 55.2 Å². The number of sulfonamides is 1. The molecule has 2 N–H and O–H groups in total. The van der Waals surface area contributed by atoms with E-state index in [4.69, 9.17) is 0 Å². The molecule has 0 saturated heterocycles. The highest BCUT2D eigenvalue weighted by Crippen LogP contribution is 2.32. The van der Waals surface area contributed by atoms with E-state index in [0.717, 1.165) is 27.4 Å². The molecule has 0 radical (unpaired) electrons. The van der Waals surface area contributed by atoms with Crippen LogP contribution in [-0.2, 0) is 30.2 Å². The van der Waals surface area contributed by atoms with Gasteiger partial charge in [0.2, 0.25) is 0 Å². The molecule has 0 saturated carbocycles. The van der Waals surface area contributed by atoms with E-state index in [1.165, 1.54) is 4.68 Å². The molecule has 1 aliphatic heterocycles. The number of aromatic nitrogens is 2. The Morgan fingerprint density at radius 2 is 1.90 bits per heavy atom. The Hall–Kier alpha value is -2.34. The van der Waals surface area contributed by atoms with Crippen LogP contribution in [0, 0.1) is 3.57 Å². The van der Waals surface area contributed by atoms with Gasteiger partial charge < -0.3 is 10.2 Å². The van der Waals surface area contributed by atoms with Gasteiger partial charge >= 0.3 is 6.03 Å². The fourth-order valence-corrected chi connectivity index (χ4v) is 5.78.